The minimum atomic E-state index is -0.775. The van der Waals surface area contributed by atoms with Gasteiger partial charge in [-0.15, -0.1) is 0 Å². The number of allylic oxidation sites excluding steroid dienone is 6. The molecule has 0 aromatic rings. The second kappa shape index (κ2) is 59.2. The highest BCUT2D eigenvalue weighted by Gasteiger charge is 2.19. The molecule has 0 aliphatic rings. The number of hydrogen-bond donors (Lipinski definition) is 0. The van der Waals surface area contributed by atoms with Gasteiger partial charge in [-0.2, -0.15) is 0 Å². The average Bonchev–Trinajstić information content (AvgIpc) is 3.36. The van der Waals surface area contributed by atoms with Gasteiger partial charge < -0.3 is 14.2 Å². The third kappa shape index (κ3) is 56.5. The van der Waals surface area contributed by atoms with Crippen LogP contribution in [0.1, 0.15) is 335 Å². The van der Waals surface area contributed by atoms with E-state index in [9.17, 15) is 14.4 Å². The minimum Gasteiger partial charge on any atom is -0.462 e. The van der Waals surface area contributed by atoms with E-state index in [0.717, 1.165) is 70.6 Å². The molecule has 0 bridgehead atoms. The minimum absolute atomic E-state index is 0.0731. The molecule has 0 saturated heterocycles. The summed E-state index contributed by atoms with van der Waals surface area (Å²) in [5.74, 6) is -0.863. The summed E-state index contributed by atoms with van der Waals surface area (Å²) in [7, 11) is 0. The van der Waals surface area contributed by atoms with Crippen LogP contribution in [0.2, 0.25) is 0 Å². The second-order valence-corrected chi connectivity index (χ2v) is 21.0. The Morgan fingerprint density at radius 1 is 0.286 bits per heavy atom. The van der Waals surface area contributed by atoms with E-state index >= 15 is 0 Å². The van der Waals surface area contributed by atoms with Gasteiger partial charge in [0, 0.05) is 19.3 Å². The molecule has 0 radical (unpaired) electrons. The molecule has 6 nitrogen and oxygen atoms in total. The van der Waals surface area contributed by atoms with Gasteiger partial charge in [0.2, 0.25) is 0 Å². The highest BCUT2D eigenvalue weighted by Crippen LogP contribution is 2.17. The first-order valence-electron chi connectivity index (χ1n) is 31.0. The number of esters is 3. The first-order chi connectivity index (χ1) is 34.5. The first kappa shape index (κ1) is 67.6. The highest BCUT2D eigenvalue weighted by molar-refractivity contribution is 5.71. The molecule has 0 aliphatic heterocycles. The third-order valence-electron chi connectivity index (χ3n) is 13.9. The fourth-order valence-electron chi connectivity index (χ4n) is 9.18. The molecule has 0 spiro atoms. The quantitative estimate of drug-likeness (QED) is 0.0261. The Hall–Kier alpha value is -2.37. The van der Waals surface area contributed by atoms with Gasteiger partial charge in [-0.25, -0.2) is 0 Å². The van der Waals surface area contributed by atoms with E-state index < -0.39 is 6.10 Å². The van der Waals surface area contributed by atoms with Crippen molar-refractivity contribution in [3.8, 4) is 0 Å². The van der Waals surface area contributed by atoms with E-state index in [1.165, 1.54) is 225 Å². The van der Waals surface area contributed by atoms with Crippen molar-refractivity contribution in [2.24, 2.45) is 0 Å². The number of unbranched alkanes of at least 4 members (excludes halogenated alkanes) is 40. The Balaban J connectivity index is 4.33. The van der Waals surface area contributed by atoms with E-state index in [-0.39, 0.29) is 31.1 Å². The topological polar surface area (TPSA) is 78.9 Å². The van der Waals surface area contributed by atoms with Crippen molar-refractivity contribution in [3.05, 3.63) is 36.5 Å². The summed E-state index contributed by atoms with van der Waals surface area (Å²) in [6.45, 7) is 6.65. The van der Waals surface area contributed by atoms with Crippen molar-refractivity contribution in [3.63, 3.8) is 0 Å². The number of carbonyl (C=O) groups is 3. The lowest BCUT2D eigenvalue weighted by molar-refractivity contribution is -0.167. The first-order valence-corrected chi connectivity index (χ1v) is 31.0. The molecular weight excluding hydrogens is 865 g/mol. The molecule has 1 atom stereocenters. The molecule has 0 aliphatic carbocycles. The lowest BCUT2D eigenvalue weighted by Crippen LogP contribution is -2.30. The molecule has 70 heavy (non-hydrogen) atoms. The summed E-state index contributed by atoms with van der Waals surface area (Å²) in [4.78, 5) is 38.2. The monoisotopic (exact) mass is 983 g/mol. The van der Waals surface area contributed by atoms with E-state index in [1.54, 1.807) is 0 Å². The van der Waals surface area contributed by atoms with Gasteiger partial charge in [-0.3, -0.25) is 14.4 Å². The molecule has 410 valence electrons. The van der Waals surface area contributed by atoms with Crippen LogP contribution in [-0.2, 0) is 28.6 Å². The van der Waals surface area contributed by atoms with E-state index in [1.807, 2.05) is 0 Å². The lowest BCUT2D eigenvalue weighted by atomic mass is 10.0. The molecule has 0 N–H and O–H groups in total. The molecule has 0 rings (SSSR count). The molecule has 0 unspecified atom stereocenters. The zero-order valence-corrected chi connectivity index (χ0v) is 47.1. The Morgan fingerprint density at radius 3 is 0.829 bits per heavy atom. The van der Waals surface area contributed by atoms with Crippen LogP contribution in [0.5, 0.6) is 0 Å². The van der Waals surface area contributed by atoms with Gasteiger partial charge in [0.05, 0.1) is 0 Å². The molecule has 0 aromatic carbocycles. The SMILES string of the molecule is CCCCC/C=C\C/C=C\CCCCCCCCCCCC(=O)OC[C@@H](COC(=O)CCCCCCC/C=C\CCCCCCC)OC(=O)CCCCCCCCCCCCCCCCCCCCC. The number of ether oxygens (including phenoxy) is 3. The average molecular weight is 984 g/mol. The summed E-state index contributed by atoms with van der Waals surface area (Å²) in [5.41, 5.74) is 0. The smallest absolute Gasteiger partial charge is 0.306 e. The fraction of sp³-hybridized carbons (Fsp3) is 0.859. The van der Waals surface area contributed by atoms with Crippen molar-refractivity contribution in [1.29, 1.82) is 0 Å². The van der Waals surface area contributed by atoms with E-state index in [2.05, 4.69) is 57.2 Å². The van der Waals surface area contributed by atoms with Crippen LogP contribution in [-0.4, -0.2) is 37.2 Å². The fourth-order valence-corrected chi connectivity index (χ4v) is 9.18. The maximum atomic E-state index is 12.9. The number of carbonyl (C=O) groups excluding carboxylic acids is 3. The predicted molar refractivity (Wildman–Crippen MR) is 302 cm³/mol. The molecular formula is C64H118O6. The number of rotatable bonds is 57. The lowest BCUT2D eigenvalue weighted by Gasteiger charge is -2.18. The zero-order chi connectivity index (χ0) is 50.7. The Morgan fingerprint density at radius 2 is 0.514 bits per heavy atom. The van der Waals surface area contributed by atoms with E-state index in [0.29, 0.717) is 19.3 Å². The molecule has 0 fully saturated rings. The van der Waals surface area contributed by atoms with Gasteiger partial charge in [0.25, 0.3) is 0 Å². The summed E-state index contributed by atoms with van der Waals surface area (Å²) >= 11 is 0. The summed E-state index contributed by atoms with van der Waals surface area (Å²) in [6, 6.07) is 0. The normalized spacial score (nSPS) is 12.2. The molecule has 0 amide bonds. The Kier molecular flexibility index (Phi) is 57.2. The predicted octanol–water partition coefficient (Wildman–Crippen LogP) is 20.8. The van der Waals surface area contributed by atoms with Crippen molar-refractivity contribution in [2.45, 2.75) is 341 Å². The van der Waals surface area contributed by atoms with Crippen molar-refractivity contribution >= 4 is 17.9 Å². The Bertz CT molecular complexity index is 1170. The van der Waals surface area contributed by atoms with Crippen LogP contribution in [0, 0.1) is 0 Å². The Labute approximate surface area is 435 Å². The zero-order valence-electron chi connectivity index (χ0n) is 47.1. The maximum absolute atomic E-state index is 12.9. The van der Waals surface area contributed by atoms with Crippen LogP contribution < -0.4 is 0 Å². The van der Waals surface area contributed by atoms with Gasteiger partial charge in [0.15, 0.2) is 6.10 Å². The summed E-state index contributed by atoms with van der Waals surface area (Å²) < 4.78 is 16.9. The molecule has 6 heteroatoms. The second-order valence-electron chi connectivity index (χ2n) is 21.0. The largest absolute Gasteiger partial charge is 0.462 e. The van der Waals surface area contributed by atoms with Crippen LogP contribution >= 0.6 is 0 Å². The standard InChI is InChI=1S/C64H118O6/c1-4-7-10-13-16-19-22-25-28-30-32-34-36-39-42-45-48-51-54-57-63(66)69-60-61(59-68-62(65)56-53-50-47-44-41-38-27-24-21-18-15-12-9-6-3)70-64(67)58-55-52-49-46-43-40-37-35-33-31-29-26-23-20-17-14-11-8-5-2/h16,19,24-25,27-28,61H,4-15,17-18,20-23,26,29-60H2,1-3H3/b19-16-,27-24-,28-25-/t61-/m1/s1. The molecule has 0 saturated carbocycles. The van der Waals surface area contributed by atoms with Gasteiger partial charge in [-0.1, -0.05) is 276 Å². The molecule has 0 aromatic heterocycles. The van der Waals surface area contributed by atoms with Crippen LogP contribution in [0.25, 0.3) is 0 Å². The van der Waals surface area contributed by atoms with Crippen LogP contribution in [0.4, 0.5) is 0 Å². The van der Waals surface area contributed by atoms with Gasteiger partial charge >= 0.3 is 17.9 Å². The summed E-state index contributed by atoms with van der Waals surface area (Å²) in [5, 5.41) is 0. The van der Waals surface area contributed by atoms with Gasteiger partial charge in [-0.05, 0) is 77.0 Å². The van der Waals surface area contributed by atoms with Crippen LogP contribution in [0.3, 0.4) is 0 Å². The van der Waals surface area contributed by atoms with Crippen molar-refractivity contribution in [1.82, 2.24) is 0 Å². The third-order valence-corrected chi connectivity index (χ3v) is 13.9. The van der Waals surface area contributed by atoms with Crippen molar-refractivity contribution < 1.29 is 28.6 Å². The molecule has 0 heterocycles. The van der Waals surface area contributed by atoms with Crippen molar-refractivity contribution in [2.75, 3.05) is 13.2 Å². The maximum Gasteiger partial charge on any atom is 0.306 e. The number of hydrogen-bond acceptors (Lipinski definition) is 6. The van der Waals surface area contributed by atoms with Gasteiger partial charge in [0.1, 0.15) is 13.2 Å². The highest BCUT2D eigenvalue weighted by atomic mass is 16.6. The van der Waals surface area contributed by atoms with Crippen LogP contribution in [0.15, 0.2) is 36.5 Å². The summed E-state index contributed by atoms with van der Waals surface area (Å²) in [6.07, 6.45) is 71.4. The van der Waals surface area contributed by atoms with E-state index in [4.69, 9.17) is 14.2 Å².